The van der Waals surface area contributed by atoms with E-state index in [1.807, 2.05) is 0 Å². The molecular formula is C33H51NO. The molecule has 0 radical (unpaired) electrons. The molecule has 1 aliphatic rings. The number of benzene rings is 2. The molecule has 2 aromatic carbocycles. The lowest BCUT2D eigenvalue weighted by molar-refractivity contribution is -0.311. The third kappa shape index (κ3) is 7.43. The fourth-order valence-corrected chi connectivity index (χ4v) is 6.20. The van der Waals surface area contributed by atoms with Gasteiger partial charge in [-0.05, 0) is 94.1 Å². The number of hydrogen-bond acceptors (Lipinski definition) is 2. The lowest BCUT2D eigenvalue weighted by Gasteiger charge is -2.53. The predicted molar refractivity (Wildman–Crippen MR) is 150 cm³/mol. The van der Waals surface area contributed by atoms with E-state index in [0.29, 0.717) is 5.92 Å². The van der Waals surface area contributed by atoms with E-state index < -0.39 is 0 Å². The zero-order valence-electron chi connectivity index (χ0n) is 24.0. The highest BCUT2D eigenvalue weighted by atomic mass is 16.7. The van der Waals surface area contributed by atoms with E-state index in [1.54, 1.807) is 0 Å². The molecule has 0 N–H and O–H groups in total. The molecule has 0 spiro atoms. The maximum Gasteiger partial charge on any atom is 0.105 e. The van der Waals surface area contributed by atoms with Gasteiger partial charge in [0.15, 0.2) is 0 Å². The summed E-state index contributed by atoms with van der Waals surface area (Å²) in [5, 5.41) is 2.35. The highest BCUT2D eigenvalue weighted by Crippen LogP contribution is 2.46. The van der Waals surface area contributed by atoms with Crippen LogP contribution in [0.15, 0.2) is 60.7 Å². The molecule has 2 unspecified atom stereocenters. The maximum atomic E-state index is 7.04. The van der Waals surface area contributed by atoms with Gasteiger partial charge in [0.2, 0.25) is 0 Å². The summed E-state index contributed by atoms with van der Waals surface area (Å²) < 4.78 is 0. The van der Waals surface area contributed by atoms with Crippen molar-refractivity contribution >= 4 is 0 Å². The Balaban J connectivity index is 1.81. The Kier molecular flexibility index (Phi) is 8.60. The van der Waals surface area contributed by atoms with E-state index >= 15 is 0 Å². The van der Waals surface area contributed by atoms with Crippen LogP contribution >= 0.6 is 0 Å². The van der Waals surface area contributed by atoms with E-state index in [4.69, 9.17) is 4.84 Å². The predicted octanol–water partition coefficient (Wildman–Crippen LogP) is 9.73. The first-order valence-corrected chi connectivity index (χ1v) is 13.8. The lowest BCUT2D eigenvalue weighted by atomic mass is 9.70. The van der Waals surface area contributed by atoms with Crippen LogP contribution in [-0.2, 0) is 4.84 Å². The number of rotatable bonds is 9. The van der Waals surface area contributed by atoms with E-state index in [2.05, 4.69) is 128 Å². The van der Waals surface area contributed by atoms with Crippen LogP contribution in [0.4, 0.5) is 0 Å². The first kappa shape index (κ1) is 27.9. The molecule has 2 nitrogen and oxygen atoms in total. The summed E-state index contributed by atoms with van der Waals surface area (Å²) in [6, 6.07) is 22.0. The normalized spacial score (nSPS) is 20.4. The highest BCUT2D eigenvalue weighted by molar-refractivity contribution is 5.22. The van der Waals surface area contributed by atoms with Crippen LogP contribution < -0.4 is 0 Å². The summed E-state index contributed by atoms with van der Waals surface area (Å²) in [5.41, 5.74) is 3.20. The quantitative estimate of drug-likeness (QED) is 0.356. The van der Waals surface area contributed by atoms with Crippen molar-refractivity contribution in [2.45, 2.75) is 124 Å². The molecule has 0 saturated carbocycles. The standard InChI is InChI=1S/C33H51NO/c1-30(2,3)28(26-17-12-10-13-18-26)21-24-31(4,5)25-29(27-19-14-11-15-20-27)35-34-32(6,7)22-16-23-33(34,8)9/h10-15,17-20,28-29H,16,21-25H2,1-9H3. The second-order valence-corrected chi connectivity index (χ2v) is 14.0. The molecule has 1 heterocycles. The van der Waals surface area contributed by atoms with Crippen LogP contribution in [0, 0.1) is 10.8 Å². The van der Waals surface area contributed by atoms with Crippen molar-refractivity contribution in [3.8, 4) is 0 Å². The third-order valence-electron chi connectivity index (χ3n) is 8.18. The molecule has 2 heteroatoms. The number of nitrogens with zero attached hydrogens (tertiary/aromatic N) is 1. The molecule has 35 heavy (non-hydrogen) atoms. The van der Waals surface area contributed by atoms with E-state index in [1.165, 1.54) is 43.2 Å². The van der Waals surface area contributed by atoms with Crippen LogP contribution in [0.2, 0.25) is 0 Å². The van der Waals surface area contributed by atoms with E-state index in [9.17, 15) is 0 Å². The van der Waals surface area contributed by atoms with Crippen LogP contribution in [0.5, 0.6) is 0 Å². The summed E-state index contributed by atoms with van der Waals surface area (Å²) in [5.74, 6) is 0.541. The summed E-state index contributed by atoms with van der Waals surface area (Å²) in [4.78, 5) is 7.04. The largest absolute Gasteiger partial charge is 0.290 e. The van der Waals surface area contributed by atoms with Crippen molar-refractivity contribution in [1.29, 1.82) is 0 Å². The Bertz CT molecular complexity index is 891. The topological polar surface area (TPSA) is 12.5 Å². The molecule has 2 aromatic rings. The minimum atomic E-state index is 0.0313. The maximum absolute atomic E-state index is 7.04. The SMILES string of the molecule is CC(C)(CCC(c1ccccc1)C(C)(C)C)CC(ON1C(C)(C)CCCC1(C)C)c1ccccc1. The Morgan fingerprint density at radius 1 is 0.771 bits per heavy atom. The number of hydrogen-bond donors (Lipinski definition) is 0. The minimum absolute atomic E-state index is 0.0313. The van der Waals surface area contributed by atoms with Gasteiger partial charge in [0, 0.05) is 11.1 Å². The minimum Gasteiger partial charge on any atom is -0.290 e. The Morgan fingerprint density at radius 2 is 1.26 bits per heavy atom. The molecule has 194 valence electrons. The van der Waals surface area contributed by atoms with Gasteiger partial charge in [0.05, 0.1) is 0 Å². The Morgan fingerprint density at radius 3 is 1.74 bits per heavy atom. The van der Waals surface area contributed by atoms with Crippen molar-refractivity contribution in [3.63, 3.8) is 0 Å². The molecule has 3 rings (SSSR count). The molecular weight excluding hydrogens is 426 g/mol. The van der Waals surface area contributed by atoms with Gasteiger partial charge in [-0.1, -0.05) is 95.3 Å². The molecule has 1 aliphatic heterocycles. The van der Waals surface area contributed by atoms with Gasteiger partial charge in [-0.2, -0.15) is 5.06 Å². The lowest BCUT2D eigenvalue weighted by Crippen LogP contribution is -2.58. The zero-order valence-corrected chi connectivity index (χ0v) is 24.0. The molecule has 1 fully saturated rings. The average Bonchev–Trinajstić information content (AvgIpc) is 2.75. The van der Waals surface area contributed by atoms with E-state index in [0.717, 1.165) is 6.42 Å². The van der Waals surface area contributed by atoms with Crippen LogP contribution in [-0.4, -0.2) is 16.1 Å². The Hall–Kier alpha value is -1.64. The first-order chi connectivity index (χ1) is 16.2. The summed E-state index contributed by atoms with van der Waals surface area (Å²) in [7, 11) is 0. The van der Waals surface area contributed by atoms with Crippen LogP contribution in [0.3, 0.4) is 0 Å². The van der Waals surface area contributed by atoms with Gasteiger partial charge in [0.25, 0.3) is 0 Å². The van der Waals surface area contributed by atoms with Crippen LogP contribution in [0.25, 0.3) is 0 Å². The average molecular weight is 478 g/mol. The molecule has 2 atom stereocenters. The molecule has 0 aromatic heterocycles. The van der Waals surface area contributed by atoms with Crippen molar-refractivity contribution in [1.82, 2.24) is 5.06 Å². The van der Waals surface area contributed by atoms with Crippen molar-refractivity contribution < 1.29 is 4.84 Å². The van der Waals surface area contributed by atoms with Gasteiger partial charge < -0.3 is 0 Å². The molecule has 1 saturated heterocycles. The van der Waals surface area contributed by atoms with Crippen LogP contribution in [0.1, 0.15) is 124 Å². The van der Waals surface area contributed by atoms with Gasteiger partial charge in [-0.3, -0.25) is 4.84 Å². The summed E-state index contributed by atoms with van der Waals surface area (Å²) in [6.07, 6.45) is 7.01. The summed E-state index contributed by atoms with van der Waals surface area (Å²) >= 11 is 0. The monoisotopic (exact) mass is 477 g/mol. The van der Waals surface area contributed by atoms with Gasteiger partial charge in [-0.25, -0.2) is 0 Å². The van der Waals surface area contributed by atoms with Gasteiger partial charge in [-0.15, -0.1) is 0 Å². The Labute approximate surface area is 216 Å². The summed E-state index contributed by atoms with van der Waals surface area (Å²) in [6.45, 7) is 21.4. The van der Waals surface area contributed by atoms with Gasteiger partial charge in [0.1, 0.15) is 6.10 Å². The van der Waals surface area contributed by atoms with Crippen molar-refractivity contribution in [2.75, 3.05) is 0 Å². The second kappa shape index (κ2) is 10.8. The number of piperidine rings is 1. The fraction of sp³-hybridized carbons (Fsp3) is 0.636. The first-order valence-electron chi connectivity index (χ1n) is 13.8. The highest BCUT2D eigenvalue weighted by Gasteiger charge is 2.44. The molecule has 0 bridgehead atoms. The fourth-order valence-electron chi connectivity index (χ4n) is 6.20. The third-order valence-corrected chi connectivity index (χ3v) is 8.18. The van der Waals surface area contributed by atoms with E-state index in [-0.39, 0.29) is 28.0 Å². The van der Waals surface area contributed by atoms with Gasteiger partial charge >= 0.3 is 0 Å². The van der Waals surface area contributed by atoms with Crippen molar-refractivity contribution in [3.05, 3.63) is 71.8 Å². The zero-order chi connectivity index (χ0) is 25.9. The number of hydroxylamine groups is 2. The smallest absolute Gasteiger partial charge is 0.105 e. The molecule has 0 amide bonds. The second-order valence-electron chi connectivity index (χ2n) is 14.0. The molecule has 0 aliphatic carbocycles. The van der Waals surface area contributed by atoms with Crippen molar-refractivity contribution in [2.24, 2.45) is 10.8 Å².